The molecule has 2 aromatic rings. The van der Waals surface area contributed by atoms with E-state index < -0.39 is 10.7 Å². The molecule has 1 aliphatic heterocycles. The van der Waals surface area contributed by atoms with Crippen LogP contribution in [0.2, 0.25) is 0 Å². The van der Waals surface area contributed by atoms with Gasteiger partial charge in [0.1, 0.15) is 5.88 Å². The minimum absolute atomic E-state index is 0.125. The summed E-state index contributed by atoms with van der Waals surface area (Å²) in [4.78, 5) is 28.8. The van der Waals surface area contributed by atoms with Crippen molar-refractivity contribution in [1.29, 1.82) is 0 Å². The predicted molar refractivity (Wildman–Crippen MR) is 103 cm³/mol. The SMILES string of the molecule is CN1CCN([n+]2cc([N-]C(=O)C(C)(C)SC(=O)c3ccccc3)on2)CC1. The molecule has 144 valence electrons. The van der Waals surface area contributed by atoms with Gasteiger partial charge >= 0.3 is 0 Å². The molecule has 2 heterocycles. The Bertz CT molecular complexity index is 800. The lowest BCUT2D eigenvalue weighted by Gasteiger charge is -2.28. The normalized spacial score (nSPS) is 15.6. The van der Waals surface area contributed by atoms with Crippen LogP contribution in [0.3, 0.4) is 0 Å². The second-order valence-electron chi connectivity index (χ2n) is 6.90. The summed E-state index contributed by atoms with van der Waals surface area (Å²) in [7, 11) is 2.07. The molecule has 1 aromatic carbocycles. The van der Waals surface area contributed by atoms with Gasteiger partial charge in [0.2, 0.25) is 10.4 Å². The van der Waals surface area contributed by atoms with E-state index in [-0.39, 0.29) is 11.0 Å². The fourth-order valence-corrected chi connectivity index (χ4v) is 3.41. The van der Waals surface area contributed by atoms with Crippen LogP contribution < -0.4 is 9.80 Å². The number of thioether (sulfide) groups is 1. The van der Waals surface area contributed by atoms with Gasteiger partial charge in [0.15, 0.2) is 0 Å². The maximum absolute atomic E-state index is 12.6. The second-order valence-corrected chi connectivity index (χ2v) is 8.50. The number of piperazine rings is 1. The molecule has 27 heavy (non-hydrogen) atoms. The Labute approximate surface area is 162 Å². The van der Waals surface area contributed by atoms with Gasteiger partial charge in [-0.05, 0) is 20.9 Å². The minimum atomic E-state index is -1.02. The highest BCUT2D eigenvalue weighted by Crippen LogP contribution is 2.33. The van der Waals surface area contributed by atoms with Crippen LogP contribution in [-0.2, 0) is 4.79 Å². The van der Waals surface area contributed by atoms with E-state index in [1.54, 1.807) is 49.1 Å². The Morgan fingerprint density at radius 2 is 1.85 bits per heavy atom. The van der Waals surface area contributed by atoms with Crippen molar-refractivity contribution in [2.45, 2.75) is 18.6 Å². The van der Waals surface area contributed by atoms with Crippen LogP contribution in [0.5, 0.6) is 0 Å². The third kappa shape index (κ3) is 4.86. The number of likely N-dealkylation sites (N-methyl/N-ethyl adjacent to an activating group) is 1. The first-order valence-electron chi connectivity index (χ1n) is 8.72. The lowest BCUT2D eigenvalue weighted by molar-refractivity contribution is -0.759. The van der Waals surface area contributed by atoms with Gasteiger partial charge in [-0.1, -0.05) is 42.1 Å². The van der Waals surface area contributed by atoms with Crippen LogP contribution in [0.1, 0.15) is 24.2 Å². The molecular weight excluding hydrogens is 366 g/mol. The summed E-state index contributed by atoms with van der Waals surface area (Å²) in [5.74, 6) is -0.321. The number of carbonyl (C=O) groups is 2. The van der Waals surface area contributed by atoms with E-state index in [2.05, 4.69) is 22.5 Å². The number of hydrogen-bond acceptors (Lipinski definition) is 7. The Hall–Kier alpha value is -2.39. The first kappa shape index (κ1) is 19.4. The first-order valence-corrected chi connectivity index (χ1v) is 9.54. The van der Waals surface area contributed by atoms with E-state index in [1.165, 1.54) is 0 Å². The third-order valence-corrected chi connectivity index (χ3v) is 5.40. The third-order valence-electron chi connectivity index (χ3n) is 4.30. The number of hydrogen-bond donors (Lipinski definition) is 0. The summed E-state index contributed by atoms with van der Waals surface area (Å²) in [6.07, 6.45) is 1.59. The molecule has 0 saturated carbocycles. The Kier molecular flexibility index (Phi) is 5.81. The number of carbonyl (C=O) groups excluding carboxylic acids is 2. The molecule has 1 aromatic heterocycles. The number of rotatable bonds is 5. The molecule has 8 nitrogen and oxygen atoms in total. The van der Waals surface area contributed by atoms with Crippen LogP contribution in [0.15, 0.2) is 41.1 Å². The lowest BCUT2D eigenvalue weighted by atomic mass is 10.2. The minimum Gasteiger partial charge on any atom is -0.587 e. The van der Waals surface area contributed by atoms with Crippen molar-refractivity contribution in [3.63, 3.8) is 0 Å². The van der Waals surface area contributed by atoms with Gasteiger partial charge in [0.25, 0.3) is 6.20 Å². The van der Waals surface area contributed by atoms with Gasteiger partial charge in [0, 0.05) is 18.7 Å². The summed E-state index contributed by atoms with van der Waals surface area (Å²) in [6, 6.07) is 8.87. The first-order chi connectivity index (χ1) is 12.8. The van der Waals surface area contributed by atoms with Crippen molar-refractivity contribution in [1.82, 2.24) is 10.2 Å². The standard InChI is InChI=1S/C18H23N5O3S/c1-18(2,27-16(24)14-7-5-4-6-8-14)17(25)19-15-13-23(20-26-15)22-11-9-21(3)10-12-22/h4-8,13H,9-12H2,1-3H3. The molecule has 0 aliphatic carbocycles. The van der Waals surface area contributed by atoms with Gasteiger partial charge in [-0.2, -0.15) is 5.01 Å². The predicted octanol–water partition coefficient (Wildman–Crippen LogP) is 1.73. The molecule has 0 radical (unpaired) electrons. The van der Waals surface area contributed by atoms with Gasteiger partial charge in [-0.25, -0.2) is 0 Å². The summed E-state index contributed by atoms with van der Waals surface area (Å²) >= 11 is 0.950. The van der Waals surface area contributed by atoms with Crippen LogP contribution in [0.4, 0.5) is 5.88 Å². The summed E-state index contributed by atoms with van der Waals surface area (Å²) < 4.78 is 4.16. The number of amides is 1. The van der Waals surface area contributed by atoms with Gasteiger partial charge < -0.3 is 19.5 Å². The van der Waals surface area contributed by atoms with Crippen molar-refractivity contribution >= 4 is 28.7 Å². The highest BCUT2D eigenvalue weighted by atomic mass is 32.2. The van der Waals surface area contributed by atoms with Crippen molar-refractivity contribution in [2.24, 2.45) is 0 Å². The van der Waals surface area contributed by atoms with E-state index in [1.807, 2.05) is 11.1 Å². The zero-order valence-corrected chi connectivity index (χ0v) is 16.5. The lowest BCUT2D eigenvalue weighted by Crippen LogP contribution is -2.64. The Balaban J connectivity index is 1.60. The van der Waals surface area contributed by atoms with E-state index in [0.29, 0.717) is 5.56 Å². The molecule has 3 rings (SSSR count). The van der Waals surface area contributed by atoms with Crippen molar-refractivity contribution in [2.75, 3.05) is 38.2 Å². The molecule has 0 unspecified atom stereocenters. The Morgan fingerprint density at radius 1 is 1.19 bits per heavy atom. The molecule has 1 amide bonds. The van der Waals surface area contributed by atoms with Gasteiger partial charge in [0.05, 0.1) is 28.5 Å². The van der Waals surface area contributed by atoms with E-state index in [4.69, 9.17) is 4.52 Å². The van der Waals surface area contributed by atoms with E-state index >= 15 is 0 Å². The Morgan fingerprint density at radius 3 is 2.52 bits per heavy atom. The van der Waals surface area contributed by atoms with Crippen molar-refractivity contribution in [3.05, 3.63) is 47.4 Å². The molecule has 1 fully saturated rings. The zero-order chi connectivity index (χ0) is 19.4. The van der Waals surface area contributed by atoms with Crippen molar-refractivity contribution in [3.8, 4) is 0 Å². The van der Waals surface area contributed by atoms with Crippen molar-refractivity contribution < 1.29 is 18.9 Å². The van der Waals surface area contributed by atoms with Crippen LogP contribution >= 0.6 is 11.8 Å². The molecule has 1 aliphatic rings. The summed E-state index contributed by atoms with van der Waals surface area (Å²) in [6.45, 7) is 6.83. The zero-order valence-electron chi connectivity index (χ0n) is 15.7. The van der Waals surface area contributed by atoms with Gasteiger partial charge in [-0.15, -0.1) is 0 Å². The molecule has 0 bridgehead atoms. The van der Waals surface area contributed by atoms with Crippen LogP contribution in [-0.4, -0.2) is 59.2 Å². The fourth-order valence-electron chi connectivity index (χ4n) is 2.56. The van der Waals surface area contributed by atoms with Gasteiger partial charge in [-0.3, -0.25) is 4.79 Å². The topological polar surface area (TPSA) is 84.6 Å². The average molecular weight is 389 g/mol. The smallest absolute Gasteiger partial charge is 0.257 e. The van der Waals surface area contributed by atoms with E-state index in [9.17, 15) is 9.59 Å². The monoisotopic (exact) mass is 389 g/mol. The highest BCUT2D eigenvalue weighted by Gasteiger charge is 2.28. The molecule has 1 saturated heterocycles. The quantitative estimate of drug-likeness (QED) is 0.720. The second kappa shape index (κ2) is 8.10. The molecule has 9 heteroatoms. The highest BCUT2D eigenvalue weighted by molar-refractivity contribution is 8.15. The number of benzene rings is 1. The van der Waals surface area contributed by atoms with Crippen LogP contribution in [0, 0.1) is 0 Å². The molecule has 0 N–H and O–H groups in total. The molecule has 0 atom stereocenters. The fraction of sp³-hybridized carbons (Fsp3) is 0.444. The number of aromatic nitrogens is 2. The van der Waals surface area contributed by atoms with E-state index in [0.717, 1.165) is 37.9 Å². The summed E-state index contributed by atoms with van der Waals surface area (Å²) in [5, 5.41) is 9.79. The number of nitrogens with zero attached hydrogens (tertiary/aromatic N) is 5. The summed E-state index contributed by atoms with van der Waals surface area (Å²) in [5.41, 5.74) is 0.552. The molecular formula is C18H23N5O3S. The maximum Gasteiger partial charge on any atom is 0.257 e. The maximum atomic E-state index is 12.6. The average Bonchev–Trinajstić information content (AvgIpc) is 3.11. The van der Waals surface area contributed by atoms with Crippen LogP contribution in [0.25, 0.3) is 5.32 Å². The largest absolute Gasteiger partial charge is 0.587 e. The molecule has 0 spiro atoms.